The molecule has 0 aromatic heterocycles. The fraction of sp³-hybridized carbons (Fsp3) is 0.333. The predicted octanol–water partition coefficient (Wildman–Crippen LogP) is 3.60. The maximum atomic E-state index is 12.3. The van der Waals surface area contributed by atoms with E-state index in [1.807, 2.05) is 0 Å². The zero-order valence-corrected chi connectivity index (χ0v) is 9.01. The topological polar surface area (TPSA) is 26.0 Å². The second kappa shape index (κ2) is 5.14. The zero-order valence-electron chi connectivity index (χ0n) is 8.19. The third kappa shape index (κ3) is 4.08. The molecule has 0 spiro atoms. The summed E-state index contributed by atoms with van der Waals surface area (Å²) in [6.45, 7) is -0.382. The monoisotopic (exact) mass is 279 g/mol. The van der Waals surface area contributed by atoms with Crippen molar-refractivity contribution < 1.29 is 26.3 Å². The number of hydrogen-bond acceptors (Lipinski definition) is 1. The molecule has 8 heteroatoms. The van der Waals surface area contributed by atoms with Gasteiger partial charge in [0.15, 0.2) is 0 Å². The average Bonchev–Trinajstić information content (AvgIpc) is 2.14. The molecule has 1 rings (SSSR count). The lowest BCUT2D eigenvalue weighted by atomic mass is 10.0. The van der Waals surface area contributed by atoms with E-state index in [-0.39, 0.29) is 30.6 Å². The molecule has 0 saturated heterocycles. The highest BCUT2D eigenvalue weighted by Gasteiger charge is 2.36. The van der Waals surface area contributed by atoms with Crippen molar-refractivity contribution in [2.45, 2.75) is 18.9 Å². The van der Waals surface area contributed by atoms with Crippen molar-refractivity contribution in [1.29, 1.82) is 0 Å². The third-order valence-corrected chi connectivity index (χ3v) is 1.88. The van der Waals surface area contributed by atoms with Crippen molar-refractivity contribution in [2.24, 2.45) is 5.73 Å². The van der Waals surface area contributed by atoms with Gasteiger partial charge in [0.2, 0.25) is 0 Å². The van der Waals surface area contributed by atoms with E-state index in [0.717, 1.165) is 0 Å². The first-order chi connectivity index (χ1) is 7.14. The molecule has 2 N–H and O–H groups in total. The van der Waals surface area contributed by atoms with Crippen molar-refractivity contribution >= 4 is 12.4 Å². The van der Waals surface area contributed by atoms with Crippen LogP contribution in [0, 0.1) is 0 Å². The Labute approximate surface area is 99.0 Å². The Morgan fingerprint density at radius 2 is 1.18 bits per heavy atom. The molecular weight excluding hydrogens is 272 g/mol. The SMILES string of the molecule is Cl.NCc1cc(C(F)(F)F)cc(C(F)(F)F)c1. The van der Waals surface area contributed by atoms with Crippen molar-refractivity contribution in [3.63, 3.8) is 0 Å². The molecule has 0 aliphatic carbocycles. The fourth-order valence-corrected chi connectivity index (χ4v) is 1.14. The number of hydrogen-bond donors (Lipinski definition) is 1. The van der Waals surface area contributed by atoms with Crippen molar-refractivity contribution in [3.05, 3.63) is 34.9 Å². The lowest BCUT2D eigenvalue weighted by Crippen LogP contribution is -2.12. The van der Waals surface area contributed by atoms with E-state index >= 15 is 0 Å². The smallest absolute Gasteiger partial charge is 0.326 e. The van der Waals surface area contributed by atoms with Crippen LogP contribution >= 0.6 is 12.4 Å². The van der Waals surface area contributed by atoms with Gasteiger partial charge in [0.05, 0.1) is 11.1 Å². The van der Waals surface area contributed by atoms with Crippen LogP contribution in [0.4, 0.5) is 26.3 Å². The summed E-state index contributed by atoms with van der Waals surface area (Å²) in [5, 5.41) is 0. The summed E-state index contributed by atoms with van der Waals surface area (Å²) in [4.78, 5) is 0. The van der Waals surface area contributed by atoms with Gasteiger partial charge in [0, 0.05) is 6.54 Å². The van der Waals surface area contributed by atoms with Crippen LogP contribution in [0.25, 0.3) is 0 Å². The minimum absolute atomic E-state index is 0. The first-order valence-electron chi connectivity index (χ1n) is 4.13. The number of alkyl halides is 6. The maximum Gasteiger partial charge on any atom is 0.416 e. The molecule has 0 aliphatic rings. The summed E-state index contributed by atoms with van der Waals surface area (Å²) < 4.78 is 73.6. The Morgan fingerprint density at radius 3 is 1.41 bits per heavy atom. The van der Waals surface area contributed by atoms with Gasteiger partial charge in [-0.2, -0.15) is 26.3 Å². The molecule has 1 nitrogen and oxygen atoms in total. The predicted molar refractivity (Wildman–Crippen MR) is 51.6 cm³/mol. The second-order valence-corrected chi connectivity index (χ2v) is 3.12. The molecule has 0 unspecified atom stereocenters. The van der Waals surface area contributed by atoms with Gasteiger partial charge in [-0.15, -0.1) is 12.4 Å². The summed E-state index contributed by atoms with van der Waals surface area (Å²) in [5.74, 6) is 0. The Kier molecular flexibility index (Phi) is 4.85. The molecule has 0 fully saturated rings. The summed E-state index contributed by atoms with van der Waals surface area (Å²) in [6, 6.07) is 1.28. The van der Waals surface area contributed by atoms with E-state index in [0.29, 0.717) is 12.1 Å². The maximum absolute atomic E-state index is 12.3. The van der Waals surface area contributed by atoms with E-state index in [9.17, 15) is 26.3 Å². The minimum atomic E-state index is -4.81. The van der Waals surface area contributed by atoms with E-state index in [2.05, 4.69) is 0 Å². The van der Waals surface area contributed by atoms with Crippen LogP contribution < -0.4 is 5.73 Å². The Morgan fingerprint density at radius 1 is 0.824 bits per heavy atom. The first kappa shape index (κ1) is 16.1. The Hall–Kier alpha value is -0.950. The molecule has 98 valence electrons. The molecule has 0 atom stereocenters. The van der Waals surface area contributed by atoms with Crippen LogP contribution in [-0.4, -0.2) is 0 Å². The van der Waals surface area contributed by atoms with E-state index in [1.54, 1.807) is 0 Å². The number of benzene rings is 1. The van der Waals surface area contributed by atoms with Crippen molar-refractivity contribution in [3.8, 4) is 0 Å². The van der Waals surface area contributed by atoms with Crippen LogP contribution in [0.2, 0.25) is 0 Å². The van der Waals surface area contributed by atoms with E-state index < -0.39 is 23.5 Å². The van der Waals surface area contributed by atoms with Gasteiger partial charge in [0.1, 0.15) is 0 Å². The van der Waals surface area contributed by atoms with Crippen LogP contribution in [-0.2, 0) is 18.9 Å². The molecule has 0 heterocycles. The zero-order chi connectivity index (χ0) is 12.6. The van der Waals surface area contributed by atoms with Gasteiger partial charge in [-0.05, 0) is 23.8 Å². The molecule has 0 amide bonds. The van der Waals surface area contributed by atoms with Gasteiger partial charge in [-0.1, -0.05) is 0 Å². The summed E-state index contributed by atoms with van der Waals surface area (Å²) in [7, 11) is 0. The van der Waals surface area contributed by atoms with Gasteiger partial charge >= 0.3 is 12.4 Å². The van der Waals surface area contributed by atoms with Gasteiger partial charge in [0.25, 0.3) is 0 Å². The molecule has 0 aliphatic heterocycles. The second-order valence-electron chi connectivity index (χ2n) is 3.12. The lowest BCUT2D eigenvalue weighted by molar-refractivity contribution is -0.143. The highest BCUT2D eigenvalue weighted by atomic mass is 35.5. The number of nitrogens with two attached hydrogens (primary N) is 1. The fourth-order valence-electron chi connectivity index (χ4n) is 1.14. The van der Waals surface area contributed by atoms with Gasteiger partial charge < -0.3 is 5.73 Å². The quantitative estimate of drug-likeness (QED) is 0.781. The summed E-state index contributed by atoms with van der Waals surface area (Å²) in [6.07, 6.45) is -9.63. The molecular formula is C9H8ClF6N. The molecule has 0 radical (unpaired) electrons. The molecule has 0 bridgehead atoms. The number of halogens is 7. The van der Waals surface area contributed by atoms with Gasteiger partial charge in [-0.3, -0.25) is 0 Å². The summed E-state index contributed by atoms with van der Waals surface area (Å²) >= 11 is 0. The lowest BCUT2D eigenvalue weighted by Gasteiger charge is -2.13. The molecule has 1 aromatic rings. The molecule has 1 aromatic carbocycles. The van der Waals surface area contributed by atoms with Crippen molar-refractivity contribution in [2.75, 3.05) is 0 Å². The van der Waals surface area contributed by atoms with Crippen molar-refractivity contribution in [1.82, 2.24) is 0 Å². The first-order valence-corrected chi connectivity index (χ1v) is 4.13. The van der Waals surface area contributed by atoms with E-state index in [1.165, 1.54) is 0 Å². The highest BCUT2D eigenvalue weighted by Crippen LogP contribution is 2.36. The summed E-state index contributed by atoms with van der Waals surface area (Å²) in [5.41, 5.74) is 2.14. The Bertz CT molecular complexity index is 352. The van der Waals surface area contributed by atoms with Crippen LogP contribution in [0.1, 0.15) is 16.7 Å². The van der Waals surface area contributed by atoms with Crippen LogP contribution in [0.5, 0.6) is 0 Å². The number of rotatable bonds is 1. The largest absolute Gasteiger partial charge is 0.416 e. The van der Waals surface area contributed by atoms with Gasteiger partial charge in [-0.25, -0.2) is 0 Å². The van der Waals surface area contributed by atoms with Crippen LogP contribution in [0.3, 0.4) is 0 Å². The van der Waals surface area contributed by atoms with E-state index in [4.69, 9.17) is 5.73 Å². The normalized spacial score (nSPS) is 12.2. The highest BCUT2D eigenvalue weighted by molar-refractivity contribution is 5.85. The molecule has 0 saturated carbocycles. The Balaban J connectivity index is 0.00000256. The molecule has 17 heavy (non-hydrogen) atoms. The standard InChI is InChI=1S/C9H7F6N.ClH/c10-8(11,12)6-1-5(4-16)2-7(3-6)9(13,14)15;/h1-3H,4,16H2;1H. The minimum Gasteiger partial charge on any atom is -0.326 e. The van der Waals surface area contributed by atoms with Crippen LogP contribution in [0.15, 0.2) is 18.2 Å². The third-order valence-electron chi connectivity index (χ3n) is 1.88. The average molecular weight is 280 g/mol.